The van der Waals surface area contributed by atoms with Gasteiger partial charge >= 0.3 is 6.18 Å². The second-order valence-corrected chi connectivity index (χ2v) is 3.57. The third-order valence-electron chi connectivity index (χ3n) is 2.38. The Labute approximate surface area is 89.9 Å². The van der Waals surface area contributed by atoms with Gasteiger partial charge in [-0.3, -0.25) is 9.69 Å². The molecular formula is C10H9F3N2O. The highest BCUT2D eigenvalue weighted by atomic mass is 19.4. The highest BCUT2D eigenvalue weighted by molar-refractivity contribution is 5.94. The van der Waals surface area contributed by atoms with Crippen LogP contribution >= 0.6 is 0 Å². The van der Waals surface area contributed by atoms with Crippen LogP contribution in [0.1, 0.15) is 12.0 Å². The highest BCUT2D eigenvalue weighted by Gasteiger charge is 2.36. The summed E-state index contributed by atoms with van der Waals surface area (Å²) >= 11 is 0. The monoisotopic (exact) mass is 230 g/mol. The maximum absolute atomic E-state index is 12.1. The number of aromatic nitrogens is 1. The van der Waals surface area contributed by atoms with Gasteiger partial charge in [-0.1, -0.05) is 6.07 Å². The van der Waals surface area contributed by atoms with Crippen LogP contribution in [0, 0.1) is 0 Å². The van der Waals surface area contributed by atoms with Gasteiger partial charge in [0.2, 0.25) is 5.91 Å². The molecule has 1 aliphatic rings. The van der Waals surface area contributed by atoms with Crippen molar-refractivity contribution in [2.24, 2.45) is 0 Å². The zero-order chi connectivity index (χ0) is 11.8. The fourth-order valence-electron chi connectivity index (χ4n) is 1.72. The molecule has 0 atom stereocenters. The Morgan fingerprint density at radius 1 is 1.50 bits per heavy atom. The first-order valence-electron chi connectivity index (χ1n) is 4.78. The van der Waals surface area contributed by atoms with E-state index < -0.39 is 18.5 Å². The van der Waals surface area contributed by atoms with Crippen LogP contribution in [0.25, 0.3) is 0 Å². The first-order chi connectivity index (χ1) is 7.47. The lowest BCUT2D eigenvalue weighted by Gasteiger charge is -2.16. The van der Waals surface area contributed by atoms with Crippen molar-refractivity contribution in [3.63, 3.8) is 0 Å². The number of carbonyl (C=O) groups is 1. The summed E-state index contributed by atoms with van der Waals surface area (Å²) in [6.07, 6.45) is -3.86. The Balaban J connectivity index is 2.16. The van der Waals surface area contributed by atoms with E-state index in [1.165, 1.54) is 6.20 Å². The van der Waals surface area contributed by atoms with Gasteiger partial charge in [0.1, 0.15) is 12.2 Å². The second kappa shape index (κ2) is 3.77. The van der Waals surface area contributed by atoms with Gasteiger partial charge in [0.15, 0.2) is 0 Å². The number of halogens is 3. The molecule has 0 bridgehead atoms. The fourth-order valence-corrected chi connectivity index (χ4v) is 1.72. The Kier molecular flexibility index (Phi) is 2.57. The summed E-state index contributed by atoms with van der Waals surface area (Å²) in [6.45, 7) is 0.279. The topological polar surface area (TPSA) is 33.2 Å². The molecule has 0 fully saturated rings. The minimum absolute atomic E-state index is 0.279. The van der Waals surface area contributed by atoms with Crippen LogP contribution in [0.3, 0.4) is 0 Å². The number of carbonyl (C=O) groups excluding carboxylic acids is 1. The van der Waals surface area contributed by atoms with E-state index in [0.717, 1.165) is 10.5 Å². The van der Waals surface area contributed by atoms with Gasteiger partial charge in [-0.2, -0.15) is 13.2 Å². The molecular weight excluding hydrogens is 221 g/mol. The zero-order valence-corrected chi connectivity index (χ0v) is 8.29. The summed E-state index contributed by atoms with van der Waals surface area (Å²) in [5.41, 5.74) is 0.818. The molecule has 0 aromatic carbocycles. The molecule has 0 saturated carbocycles. The van der Waals surface area contributed by atoms with Gasteiger partial charge in [0.25, 0.3) is 0 Å². The van der Waals surface area contributed by atoms with E-state index in [2.05, 4.69) is 4.98 Å². The molecule has 6 heteroatoms. The van der Waals surface area contributed by atoms with Crippen molar-refractivity contribution in [3.8, 4) is 0 Å². The van der Waals surface area contributed by atoms with E-state index in [1.54, 1.807) is 12.1 Å². The third kappa shape index (κ3) is 2.15. The number of nitrogens with zero attached hydrogens (tertiary/aromatic N) is 2. The van der Waals surface area contributed by atoms with Gasteiger partial charge in [-0.25, -0.2) is 4.98 Å². The minimum Gasteiger partial charge on any atom is -0.296 e. The normalized spacial score (nSPS) is 15.1. The first kappa shape index (κ1) is 10.9. The molecule has 1 aliphatic heterocycles. The zero-order valence-electron chi connectivity index (χ0n) is 8.29. The number of alkyl halides is 3. The molecule has 16 heavy (non-hydrogen) atoms. The van der Waals surface area contributed by atoms with Gasteiger partial charge in [-0.05, 0) is 18.1 Å². The van der Waals surface area contributed by atoms with E-state index in [9.17, 15) is 18.0 Å². The predicted octanol–water partition coefficient (Wildman–Crippen LogP) is 1.92. The van der Waals surface area contributed by atoms with Crippen LogP contribution in [-0.4, -0.2) is 23.6 Å². The van der Waals surface area contributed by atoms with Gasteiger partial charge in [-0.15, -0.1) is 0 Å². The number of rotatable bonds is 1. The predicted molar refractivity (Wildman–Crippen MR) is 51.0 cm³/mol. The Morgan fingerprint density at radius 2 is 2.25 bits per heavy atom. The van der Waals surface area contributed by atoms with Crippen molar-refractivity contribution in [1.29, 1.82) is 0 Å². The standard InChI is InChI=1S/C10H9F3N2O/c11-10(12,13)6-8(16)15-5-3-7-2-1-4-14-9(7)15/h1-2,4H,3,5-6H2. The average molecular weight is 230 g/mol. The SMILES string of the molecule is O=C(CC(F)(F)F)N1CCc2cccnc21. The fraction of sp³-hybridized carbons (Fsp3) is 0.400. The van der Waals surface area contributed by atoms with Crippen molar-refractivity contribution in [3.05, 3.63) is 23.9 Å². The Morgan fingerprint density at radius 3 is 2.94 bits per heavy atom. The molecule has 1 amide bonds. The molecule has 0 radical (unpaired) electrons. The molecule has 2 rings (SSSR count). The third-order valence-corrected chi connectivity index (χ3v) is 2.38. The maximum atomic E-state index is 12.1. The van der Waals surface area contributed by atoms with Crippen molar-refractivity contribution < 1.29 is 18.0 Å². The molecule has 0 spiro atoms. The van der Waals surface area contributed by atoms with E-state index in [4.69, 9.17) is 0 Å². The molecule has 86 valence electrons. The number of fused-ring (bicyclic) bond motifs is 1. The number of anilines is 1. The summed E-state index contributed by atoms with van der Waals surface area (Å²) < 4.78 is 36.2. The van der Waals surface area contributed by atoms with Crippen molar-refractivity contribution in [2.45, 2.75) is 19.0 Å². The summed E-state index contributed by atoms with van der Waals surface area (Å²) in [4.78, 5) is 16.4. The van der Waals surface area contributed by atoms with Crippen LogP contribution in [0.2, 0.25) is 0 Å². The van der Waals surface area contributed by atoms with Crippen molar-refractivity contribution in [2.75, 3.05) is 11.4 Å². The van der Waals surface area contributed by atoms with Gasteiger partial charge < -0.3 is 0 Å². The lowest BCUT2D eigenvalue weighted by Crippen LogP contribution is -2.33. The van der Waals surface area contributed by atoms with Crippen molar-refractivity contribution >= 4 is 11.7 Å². The largest absolute Gasteiger partial charge is 0.397 e. The van der Waals surface area contributed by atoms with Crippen LogP contribution in [-0.2, 0) is 11.2 Å². The van der Waals surface area contributed by atoms with Gasteiger partial charge in [0, 0.05) is 12.7 Å². The number of hydrogen-bond acceptors (Lipinski definition) is 2. The van der Waals surface area contributed by atoms with Crippen LogP contribution < -0.4 is 4.90 Å². The summed E-state index contributed by atoms with van der Waals surface area (Å²) in [7, 11) is 0. The Bertz CT molecular complexity index is 417. The van der Waals surface area contributed by atoms with Gasteiger partial charge in [0.05, 0.1) is 0 Å². The molecule has 0 unspecified atom stereocenters. The highest BCUT2D eigenvalue weighted by Crippen LogP contribution is 2.28. The minimum atomic E-state index is -4.46. The van der Waals surface area contributed by atoms with Crippen LogP contribution in [0.15, 0.2) is 18.3 Å². The first-order valence-corrected chi connectivity index (χ1v) is 4.78. The number of pyridine rings is 1. The summed E-state index contributed by atoms with van der Waals surface area (Å²) in [6, 6.07) is 3.47. The maximum Gasteiger partial charge on any atom is 0.397 e. The van der Waals surface area contributed by atoms with E-state index in [-0.39, 0.29) is 6.54 Å². The van der Waals surface area contributed by atoms with E-state index in [0.29, 0.717) is 12.2 Å². The number of hydrogen-bond donors (Lipinski definition) is 0. The average Bonchev–Trinajstić information content (AvgIpc) is 2.58. The summed E-state index contributed by atoms with van der Waals surface area (Å²) in [5.74, 6) is -0.582. The molecule has 2 heterocycles. The van der Waals surface area contributed by atoms with Crippen molar-refractivity contribution in [1.82, 2.24) is 4.98 Å². The molecule has 0 aliphatic carbocycles. The van der Waals surface area contributed by atoms with Crippen LogP contribution in [0.4, 0.5) is 19.0 Å². The molecule has 0 N–H and O–H groups in total. The van der Waals surface area contributed by atoms with E-state index in [1.807, 2.05) is 0 Å². The van der Waals surface area contributed by atoms with Crippen LogP contribution in [0.5, 0.6) is 0 Å². The quantitative estimate of drug-likeness (QED) is 0.738. The lowest BCUT2D eigenvalue weighted by atomic mass is 10.2. The summed E-state index contributed by atoms with van der Waals surface area (Å²) in [5, 5.41) is 0. The molecule has 1 aromatic rings. The lowest BCUT2D eigenvalue weighted by molar-refractivity contribution is -0.151. The van der Waals surface area contributed by atoms with E-state index >= 15 is 0 Å². The Hall–Kier alpha value is -1.59. The smallest absolute Gasteiger partial charge is 0.296 e. The molecule has 3 nitrogen and oxygen atoms in total. The second-order valence-electron chi connectivity index (χ2n) is 3.57. The molecule has 1 aromatic heterocycles. The molecule has 0 saturated heterocycles. The number of amides is 1.